The molecule has 7 nitrogen and oxygen atoms in total. The van der Waals surface area contributed by atoms with Crippen molar-refractivity contribution in [3.63, 3.8) is 0 Å². The Morgan fingerprint density at radius 3 is 1.97 bits per heavy atom. The summed E-state index contributed by atoms with van der Waals surface area (Å²) in [5.74, 6) is 1.12. The maximum atomic E-state index is 12.6. The Morgan fingerprint density at radius 2 is 1.36 bits per heavy atom. The molecule has 2 amide bonds. The van der Waals surface area contributed by atoms with Crippen molar-refractivity contribution in [2.24, 2.45) is 0 Å². The zero-order chi connectivity index (χ0) is 22.9. The molecule has 4 rings (SSSR count). The first-order chi connectivity index (χ1) is 16.2. The molecule has 0 radical (unpaired) electrons. The molecule has 2 aromatic rings. The highest BCUT2D eigenvalue weighted by Gasteiger charge is 2.24. The second-order valence-corrected chi connectivity index (χ2v) is 8.55. The number of benzene rings is 1. The molecule has 0 unspecified atom stereocenters. The Labute approximate surface area is 196 Å². The van der Waals surface area contributed by atoms with Gasteiger partial charge in [0.1, 0.15) is 5.82 Å². The highest BCUT2D eigenvalue weighted by atomic mass is 16.2. The summed E-state index contributed by atoms with van der Waals surface area (Å²) < 4.78 is 0. The number of aromatic nitrogens is 1. The zero-order valence-electron chi connectivity index (χ0n) is 19.2. The molecule has 7 heteroatoms. The highest BCUT2D eigenvalue weighted by Crippen LogP contribution is 2.14. The van der Waals surface area contributed by atoms with E-state index >= 15 is 0 Å². The van der Waals surface area contributed by atoms with E-state index in [-0.39, 0.29) is 11.8 Å². The van der Waals surface area contributed by atoms with E-state index in [1.807, 2.05) is 46.2 Å². The second-order valence-electron chi connectivity index (χ2n) is 8.55. The minimum absolute atomic E-state index is 0.0775. The van der Waals surface area contributed by atoms with Gasteiger partial charge in [0.2, 0.25) is 11.8 Å². The van der Waals surface area contributed by atoms with Crippen LogP contribution in [0.2, 0.25) is 0 Å². The standard InChI is InChI=1S/C26H33N5O2/c32-25(30-17-15-28(16-18-30)14-6-9-23-7-2-1-3-8-23)11-12-26(33)31-21-19-29(20-22-31)24-10-4-5-13-27-24/h1-10,13H,11-12,14-22H2/b9-6+. The Kier molecular flexibility index (Phi) is 8.09. The van der Waals surface area contributed by atoms with Gasteiger partial charge in [-0.3, -0.25) is 14.5 Å². The van der Waals surface area contributed by atoms with Crippen LogP contribution in [0.4, 0.5) is 5.82 Å². The zero-order valence-corrected chi connectivity index (χ0v) is 19.2. The fourth-order valence-electron chi connectivity index (χ4n) is 4.34. The minimum atomic E-state index is 0.0775. The van der Waals surface area contributed by atoms with Gasteiger partial charge >= 0.3 is 0 Å². The third kappa shape index (κ3) is 6.65. The van der Waals surface area contributed by atoms with E-state index in [0.29, 0.717) is 25.9 Å². The number of rotatable bonds is 7. The molecule has 2 fully saturated rings. The third-order valence-corrected chi connectivity index (χ3v) is 6.36. The predicted molar refractivity (Wildman–Crippen MR) is 131 cm³/mol. The van der Waals surface area contributed by atoms with E-state index in [1.54, 1.807) is 6.20 Å². The summed E-state index contributed by atoms with van der Waals surface area (Å²) in [5.41, 5.74) is 1.20. The van der Waals surface area contributed by atoms with Crippen LogP contribution in [0.15, 0.2) is 60.8 Å². The Hall–Kier alpha value is -3.19. The Bertz CT molecular complexity index is 918. The summed E-state index contributed by atoms with van der Waals surface area (Å²) in [6.45, 7) is 7.00. The molecular formula is C26H33N5O2. The van der Waals surface area contributed by atoms with Crippen LogP contribution >= 0.6 is 0 Å². The normalized spacial score (nSPS) is 17.5. The summed E-state index contributed by atoms with van der Waals surface area (Å²) in [6, 6.07) is 16.2. The summed E-state index contributed by atoms with van der Waals surface area (Å²) in [6.07, 6.45) is 6.70. The third-order valence-electron chi connectivity index (χ3n) is 6.36. The number of piperazine rings is 2. The number of amides is 2. The lowest BCUT2D eigenvalue weighted by Crippen LogP contribution is -2.50. The van der Waals surface area contributed by atoms with E-state index in [2.05, 4.69) is 39.1 Å². The van der Waals surface area contributed by atoms with Crippen LogP contribution in [0, 0.1) is 0 Å². The first kappa shape index (κ1) is 23.0. The smallest absolute Gasteiger partial charge is 0.223 e. The molecule has 0 aliphatic carbocycles. The molecule has 2 saturated heterocycles. The molecule has 174 valence electrons. The molecule has 1 aromatic heterocycles. The van der Waals surface area contributed by atoms with Crippen molar-refractivity contribution in [2.45, 2.75) is 12.8 Å². The minimum Gasteiger partial charge on any atom is -0.353 e. The first-order valence-corrected chi connectivity index (χ1v) is 11.8. The lowest BCUT2D eigenvalue weighted by Gasteiger charge is -2.36. The molecule has 0 spiro atoms. The number of hydrogen-bond donors (Lipinski definition) is 0. The fraction of sp³-hybridized carbons (Fsp3) is 0.423. The average Bonchev–Trinajstić information content (AvgIpc) is 2.89. The molecule has 3 heterocycles. The number of carbonyl (C=O) groups is 2. The summed E-state index contributed by atoms with van der Waals surface area (Å²) >= 11 is 0. The van der Waals surface area contributed by atoms with Crippen molar-refractivity contribution in [1.82, 2.24) is 19.7 Å². The van der Waals surface area contributed by atoms with Crippen LogP contribution in [0.5, 0.6) is 0 Å². The van der Waals surface area contributed by atoms with Gasteiger partial charge in [-0.15, -0.1) is 0 Å². The quantitative estimate of drug-likeness (QED) is 0.652. The topological polar surface area (TPSA) is 60.0 Å². The van der Waals surface area contributed by atoms with E-state index < -0.39 is 0 Å². The van der Waals surface area contributed by atoms with Crippen molar-refractivity contribution in [3.05, 3.63) is 66.4 Å². The fourth-order valence-corrected chi connectivity index (χ4v) is 4.34. The van der Waals surface area contributed by atoms with E-state index in [0.717, 1.165) is 51.6 Å². The Morgan fingerprint density at radius 1 is 0.758 bits per heavy atom. The molecule has 33 heavy (non-hydrogen) atoms. The second kappa shape index (κ2) is 11.6. The van der Waals surface area contributed by atoms with E-state index in [1.165, 1.54) is 5.56 Å². The monoisotopic (exact) mass is 447 g/mol. The van der Waals surface area contributed by atoms with Crippen molar-refractivity contribution in [3.8, 4) is 0 Å². The average molecular weight is 448 g/mol. The number of carbonyl (C=O) groups excluding carboxylic acids is 2. The summed E-state index contributed by atoms with van der Waals surface area (Å²) in [7, 11) is 0. The summed E-state index contributed by atoms with van der Waals surface area (Å²) in [4.78, 5) is 38.0. The maximum Gasteiger partial charge on any atom is 0.223 e. The molecule has 1 aromatic carbocycles. The molecule has 0 atom stereocenters. The van der Waals surface area contributed by atoms with Crippen molar-refractivity contribution in [1.29, 1.82) is 0 Å². The molecular weight excluding hydrogens is 414 g/mol. The van der Waals surface area contributed by atoms with Gasteiger partial charge in [-0.25, -0.2) is 4.98 Å². The van der Waals surface area contributed by atoms with Crippen molar-refractivity contribution >= 4 is 23.7 Å². The first-order valence-electron chi connectivity index (χ1n) is 11.8. The van der Waals surface area contributed by atoms with Crippen LogP contribution in [0.1, 0.15) is 18.4 Å². The lowest BCUT2D eigenvalue weighted by atomic mass is 10.2. The predicted octanol–water partition coefficient (Wildman–Crippen LogP) is 2.37. The van der Waals surface area contributed by atoms with Gasteiger partial charge in [0.15, 0.2) is 0 Å². The highest BCUT2D eigenvalue weighted by molar-refractivity contribution is 5.84. The largest absolute Gasteiger partial charge is 0.353 e. The van der Waals surface area contributed by atoms with Gasteiger partial charge in [-0.2, -0.15) is 0 Å². The number of hydrogen-bond acceptors (Lipinski definition) is 5. The van der Waals surface area contributed by atoms with E-state index in [9.17, 15) is 9.59 Å². The lowest BCUT2D eigenvalue weighted by molar-refractivity contribution is -0.138. The number of anilines is 1. The summed E-state index contributed by atoms with van der Waals surface area (Å²) in [5, 5.41) is 0. The van der Waals surface area contributed by atoms with Gasteiger partial charge in [-0.1, -0.05) is 48.6 Å². The molecule has 2 aliphatic rings. The van der Waals surface area contributed by atoms with Gasteiger partial charge in [0.25, 0.3) is 0 Å². The van der Waals surface area contributed by atoms with Gasteiger partial charge in [0, 0.05) is 77.9 Å². The molecule has 2 aliphatic heterocycles. The molecule has 0 N–H and O–H groups in total. The van der Waals surface area contributed by atoms with Crippen molar-refractivity contribution < 1.29 is 9.59 Å². The van der Waals surface area contributed by atoms with Gasteiger partial charge < -0.3 is 14.7 Å². The number of nitrogens with zero attached hydrogens (tertiary/aromatic N) is 5. The van der Waals surface area contributed by atoms with Crippen LogP contribution in [-0.4, -0.2) is 90.4 Å². The van der Waals surface area contributed by atoms with Crippen LogP contribution < -0.4 is 4.90 Å². The SMILES string of the molecule is O=C(CCC(=O)N1CCN(c2ccccn2)CC1)N1CCN(C/C=C/c2ccccc2)CC1. The van der Waals surface area contributed by atoms with Crippen LogP contribution in [-0.2, 0) is 9.59 Å². The molecule has 0 saturated carbocycles. The Balaban J connectivity index is 1.13. The van der Waals surface area contributed by atoms with Gasteiger partial charge in [-0.05, 0) is 17.7 Å². The van der Waals surface area contributed by atoms with Gasteiger partial charge in [0.05, 0.1) is 0 Å². The van der Waals surface area contributed by atoms with Crippen LogP contribution in [0.3, 0.4) is 0 Å². The van der Waals surface area contributed by atoms with Crippen LogP contribution in [0.25, 0.3) is 6.08 Å². The van der Waals surface area contributed by atoms with Crippen molar-refractivity contribution in [2.75, 3.05) is 63.8 Å². The molecule has 0 bridgehead atoms. The van der Waals surface area contributed by atoms with E-state index in [4.69, 9.17) is 0 Å². The maximum absolute atomic E-state index is 12.6. The number of pyridine rings is 1.